The van der Waals surface area contributed by atoms with Crippen molar-refractivity contribution in [2.75, 3.05) is 6.61 Å². The van der Waals surface area contributed by atoms with E-state index in [9.17, 15) is 4.79 Å². The molecule has 5 heteroatoms. The van der Waals surface area contributed by atoms with Gasteiger partial charge in [0.25, 0.3) is 0 Å². The highest BCUT2D eigenvalue weighted by atomic mass is 32.1. The number of hydrogen-bond donors (Lipinski definition) is 1. The normalized spacial score (nSPS) is 10.3. The molecule has 0 aliphatic heterocycles. The maximum absolute atomic E-state index is 10.7. The van der Waals surface area contributed by atoms with E-state index in [1.165, 1.54) is 38.5 Å². The maximum Gasteiger partial charge on any atom is 0.341 e. The summed E-state index contributed by atoms with van der Waals surface area (Å²) in [6.45, 7) is 10.00. The molecule has 1 aromatic heterocycles. The Bertz CT molecular complexity index is 704. The lowest BCUT2D eigenvalue weighted by Gasteiger charge is -2.13. The van der Waals surface area contributed by atoms with E-state index in [4.69, 9.17) is 9.84 Å². The number of unbranched alkanes of at least 4 members (excludes halogenated alkanes) is 5. The molecule has 0 unspecified atom stereocenters. The average molecular weight is 392 g/mol. The zero-order valence-electron chi connectivity index (χ0n) is 17.3. The highest BCUT2D eigenvalue weighted by Gasteiger charge is 2.14. The minimum absolute atomic E-state index is 0.347. The van der Waals surface area contributed by atoms with Gasteiger partial charge in [-0.1, -0.05) is 58.4 Å². The molecule has 1 aromatic carbocycles. The summed E-state index contributed by atoms with van der Waals surface area (Å²) < 4.78 is 5.44. The summed E-state index contributed by atoms with van der Waals surface area (Å²) >= 11 is 1.56. The zero-order chi connectivity index (χ0) is 20.2. The molecule has 0 fully saturated rings. The second-order valence-corrected chi connectivity index (χ2v) is 7.79. The van der Waals surface area contributed by atoms with Crippen molar-refractivity contribution in [1.29, 1.82) is 0 Å². The number of carboxylic acids is 1. The van der Waals surface area contributed by atoms with Gasteiger partial charge in [-0.25, -0.2) is 9.78 Å². The van der Waals surface area contributed by atoms with Crippen molar-refractivity contribution in [3.8, 4) is 17.0 Å². The molecule has 0 radical (unpaired) electrons. The summed E-state index contributed by atoms with van der Waals surface area (Å²) in [5.41, 5.74) is 3.68. The largest absolute Gasteiger partial charge is 0.481 e. The van der Waals surface area contributed by atoms with Crippen LogP contribution in [0.3, 0.4) is 0 Å². The highest BCUT2D eigenvalue weighted by molar-refractivity contribution is 7.09. The quantitative estimate of drug-likeness (QED) is 0.491. The summed E-state index contributed by atoms with van der Waals surface area (Å²) in [5.74, 6) is -0.381. The van der Waals surface area contributed by atoms with Crippen molar-refractivity contribution in [2.24, 2.45) is 0 Å². The van der Waals surface area contributed by atoms with Gasteiger partial charge in [-0.05, 0) is 38.0 Å². The van der Waals surface area contributed by atoms with E-state index in [-0.39, 0.29) is 6.61 Å². The summed E-state index contributed by atoms with van der Waals surface area (Å²) in [7, 11) is 0. The van der Waals surface area contributed by atoms with Gasteiger partial charge in [0, 0.05) is 10.9 Å². The van der Waals surface area contributed by atoms with E-state index >= 15 is 0 Å². The molecular weight excluding hydrogens is 358 g/mol. The Kier molecular flexibility index (Phi) is 10.7. The van der Waals surface area contributed by atoms with Crippen molar-refractivity contribution >= 4 is 17.3 Å². The molecular formula is C22H33NO3S. The summed E-state index contributed by atoms with van der Waals surface area (Å²) in [6, 6.07) is 3.92. The molecule has 2 aromatic rings. The molecule has 0 amide bonds. The molecule has 0 aliphatic rings. The fraction of sp³-hybridized carbons (Fsp3) is 0.545. The van der Waals surface area contributed by atoms with Crippen LogP contribution in [0.25, 0.3) is 11.3 Å². The smallest absolute Gasteiger partial charge is 0.341 e. The van der Waals surface area contributed by atoms with Gasteiger partial charge in [-0.2, -0.15) is 0 Å². The van der Waals surface area contributed by atoms with Crippen LogP contribution < -0.4 is 4.74 Å². The first-order valence-electron chi connectivity index (χ1n) is 9.77. The van der Waals surface area contributed by atoms with E-state index in [0.717, 1.165) is 27.4 Å². The number of nitrogens with zero attached hydrogens (tertiary/aromatic N) is 1. The monoisotopic (exact) mass is 391 g/mol. The number of thiazole rings is 1. The Labute approximate surface area is 167 Å². The first-order valence-corrected chi connectivity index (χ1v) is 10.7. The number of ether oxygens (including phenoxy) is 1. The third kappa shape index (κ3) is 8.12. The lowest BCUT2D eigenvalue weighted by Crippen LogP contribution is -2.11. The third-order valence-corrected chi connectivity index (χ3v) is 5.14. The summed E-state index contributed by atoms with van der Waals surface area (Å²) in [4.78, 5) is 15.1. The van der Waals surface area contributed by atoms with Crippen LogP contribution in [0, 0.1) is 20.8 Å². The van der Waals surface area contributed by atoms with Crippen molar-refractivity contribution in [2.45, 2.75) is 73.1 Å². The van der Waals surface area contributed by atoms with Gasteiger partial charge in [-0.3, -0.25) is 0 Å². The standard InChI is InChI=1S/C14H15NO3S.C8H18/c1-8-4-5-11(12-7-19-10(3)15-12)14(9(8)2)18-6-13(16)17;1-3-5-7-8-6-4-2/h4-5,7H,6H2,1-3H3,(H,16,17);3-8H2,1-2H3. The average Bonchev–Trinajstić information content (AvgIpc) is 3.06. The first kappa shape index (κ1) is 23.2. The van der Waals surface area contributed by atoms with E-state index in [2.05, 4.69) is 18.8 Å². The molecule has 150 valence electrons. The number of aryl methyl sites for hydroxylation is 2. The van der Waals surface area contributed by atoms with Crippen molar-refractivity contribution in [1.82, 2.24) is 4.98 Å². The molecule has 1 N–H and O–H groups in total. The van der Waals surface area contributed by atoms with Crippen LogP contribution >= 0.6 is 11.3 Å². The van der Waals surface area contributed by atoms with Gasteiger partial charge in [-0.15, -0.1) is 11.3 Å². The predicted molar refractivity (Wildman–Crippen MR) is 114 cm³/mol. The second-order valence-electron chi connectivity index (χ2n) is 6.73. The number of benzene rings is 1. The fourth-order valence-electron chi connectivity index (χ4n) is 2.65. The molecule has 4 nitrogen and oxygen atoms in total. The predicted octanol–water partition coefficient (Wildman–Crippen LogP) is 6.57. The lowest BCUT2D eigenvalue weighted by molar-refractivity contribution is -0.139. The molecule has 0 spiro atoms. The Morgan fingerprint density at radius 3 is 2.19 bits per heavy atom. The number of rotatable bonds is 9. The van der Waals surface area contributed by atoms with Gasteiger partial charge in [0.15, 0.2) is 6.61 Å². The Morgan fingerprint density at radius 1 is 1.07 bits per heavy atom. The maximum atomic E-state index is 10.7. The molecule has 1 heterocycles. The number of carbonyl (C=O) groups is 1. The van der Waals surface area contributed by atoms with Crippen LogP contribution in [0.5, 0.6) is 5.75 Å². The van der Waals surface area contributed by atoms with Gasteiger partial charge < -0.3 is 9.84 Å². The van der Waals surface area contributed by atoms with Crippen LogP contribution in [0.2, 0.25) is 0 Å². The van der Waals surface area contributed by atoms with Gasteiger partial charge >= 0.3 is 5.97 Å². The van der Waals surface area contributed by atoms with Gasteiger partial charge in [0.2, 0.25) is 0 Å². The minimum atomic E-state index is -0.985. The summed E-state index contributed by atoms with van der Waals surface area (Å²) in [6.07, 6.45) is 8.49. The molecule has 2 rings (SSSR count). The highest BCUT2D eigenvalue weighted by Crippen LogP contribution is 2.35. The van der Waals surface area contributed by atoms with Crippen LogP contribution in [0.4, 0.5) is 0 Å². The topological polar surface area (TPSA) is 59.4 Å². The van der Waals surface area contributed by atoms with Crippen molar-refractivity contribution < 1.29 is 14.6 Å². The number of aromatic nitrogens is 1. The third-order valence-electron chi connectivity index (χ3n) is 4.37. The van der Waals surface area contributed by atoms with E-state index in [1.54, 1.807) is 11.3 Å². The van der Waals surface area contributed by atoms with E-state index in [0.29, 0.717) is 5.75 Å². The SMILES string of the molecule is CCCCCCCC.Cc1nc(-c2ccc(C)c(C)c2OCC(=O)O)cs1. The second kappa shape index (κ2) is 12.5. The molecule has 0 saturated carbocycles. The van der Waals surface area contributed by atoms with Crippen LogP contribution in [0.15, 0.2) is 17.5 Å². The number of carboxylic acid groups (broad SMARTS) is 1. The first-order chi connectivity index (χ1) is 12.9. The van der Waals surface area contributed by atoms with Gasteiger partial charge in [0.1, 0.15) is 5.75 Å². The number of aliphatic carboxylic acids is 1. The Morgan fingerprint density at radius 2 is 1.70 bits per heavy atom. The van der Waals surface area contributed by atoms with Gasteiger partial charge in [0.05, 0.1) is 10.7 Å². The molecule has 0 bridgehead atoms. The lowest BCUT2D eigenvalue weighted by atomic mass is 10.0. The number of hydrogen-bond acceptors (Lipinski definition) is 4. The molecule has 0 aliphatic carbocycles. The fourth-order valence-corrected chi connectivity index (χ4v) is 3.27. The molecule has 0 atom stereocenters. The van der Waals surface area contributed by atoms with Crippen molar-refractivity contribution in [3.63, 3.8) is 0 Å². The van der Waals surface area contributed by atoms with Crippen LogP contribution in [-0.2, 0) is 4.79 Å². The van der Waals surface area contributed by atoms with Crippen molar-refractivity contribution in [3.05, 3.63) is 33.6 Å². The minimum Gasteiger partial charge on any atom is -0.481 e. The summed E-state index contributed by atoms with van der Waals surface area (Å²) in [5, 5.41) is 11.7. The Hall–Kier alpha value is -1.88. The van der Waals surface area contributed by atoms with Crippen LogP contribution in [-0.4, -0.2) is 22.7 Å². The molecule has 27 heavy (non-hydrogen) atoms. The van der Waals surface area contributed by atoms with E-state index < -0.39 is 5.97 Å². The zero-order valence-corrected chi connectivity index (χ0v) is 18.1. The molecule has 0 saturated heterocycles. The van der Waals surface area contributed by atoms with Crippen LogP contribution in [0.1, 0.15) is 68.5 Å². The Balaban J connectivity index is 0.000000387. The van der Waals surface area contributed by atoms with E-state index in [1.807, 2.05) is 38.3 Å².